The average molecular weight is 218 g/mol. The second kappa shape index (κ2) is 5.43. The van der Waals surface area contributed by atoms with Crippen LogP contribution in [0.3, 0.4) is 0 Å². The molecule has 86 valence electrons. The smallest absolute Gasteiger partial charge is 0.450 e. The highest BCUT2D eigenvalue weighted by Gasteiger charge is 2.27. The summed E-state index contributed by atoms with van der Waals surface area (Å²) in [5, 5.41) is 8.43. The summed E-state index contributed by atoms with van der Waals surface area (Å²) < 4.78 is 13.9. The number of carbonyl (C=O) groups is 2. The molecule has 2 atom stereocenters. The topological polar surface area (TPSA) is 82.1 Å². The van der Waals surface area contributed by atoms with Crippen LogP contribution in [-0.2, 0) is 14.2 Å². The lowest BCUT2D eigenvalue weighted by atomic mass is 9.95. The molecule has 0 aromatic rings. The summed E-state index contributed by atoms with van der Waals surface area (Å²) in [5.41, 5.74) is 0. The fourth-order valence-electron chi connectivity index (χ4n) is 1.64. The molecule has 6 nitrogen and oxygen atoms in total. The molecule has 1 aliphatic carbocycles. The molecule has 0 spiro atoms. The number of carbonyl (C=O) groups excluding carboxylic acids is 1. The van der Waals surface area contributed by atoms with Crippen molar-refractivity contribution >= 4 is 12.3 Å². The van der Waals surface area contributed by atoms with Crippen LogP contribution in [0.1, 0.15) is 25.7 Å². The number of methoxy groups -OCH3 is 1. The number of carboxylic acid groups (broad SMARTS) is 1. The van der Waals surface area contributed by atoms with E-state index in [0.29, 0.717) is 19.3 Å². The summed E-state index contributed by atoms with van der Waals surface area (Å²) in [6.07, 6.45) is -0.153. The van der Waals surface area contributed by atoms with Crippen molar-refractivity contribution in [3.63, 3.8) is 0 Å². The van der Waals surface area contributed by atoms with Crippen LogP contribution < -0.4 is 0 Å². The number of ether oxygens (including phenoxy) is 3. The van der Waals surface area contributed by atoms with Gasteiger partial charge in [0.15, 0.2) is 0 Å². The van der Waals surface area contributed by atoms with Gasteiger partial charge in [0.25, 0.3) is 0 Å². The molecule has 15 heavy (non-hydrogen) atoms. The summed E-state index contributed by atoms with van der Waals surface area (Å²) in [7, 11) is 1.23. The zero-order valence-corrected chi connectivity index (χ0v) is 8.47. The van der Waals surface area contributed by atoms with Gasteiger partial charge in [-0.3, -0.25) is 0 Å². The molecule has 1 saturated carbocycles. The predicted octanol–water partition coefficient (Wildman–Crippen LogP) is 1.78. The SMILES string of the molecule is COC(=O)OC1CCCC(OC(=O)O)C1. The van der Waals surface area contributed by atoms with Crippen molar-refractivity contribution in [1.82, 2.24) is 0 Å². The molecule has 0 amide bonds. The summed E-state index contributed by atoms with van der Waals surface area (Å²) in [6.45, 7) is 0. The van der Waals surface area contributed by atoms with Gasteiger partial charge in [-0.1, -0.05) is 0 Å². The quantitative estimate of drug-likeness (QED) is 0.711. The Morgan fingerprint density at radius 3 is 2.33 bits per heavy atom. The van der Waals surface area contributed by atoms with Crippen LogP contribution >= 0.6 is 0 Å². The predicted molar refractivity (Wildman–Crippen MR) is 48.6 cm³/mol. The highest BCUT2D eigenvalue weighted by atomic mass is 16.7. The van der Waals surface area contributed by atoms with Crippen LogP contribution in [0, 0.1) is 0 Å². The molecule has 0 aliphatic heterocycles. The zero-order chi connectivity index (χ0) is 11.3. The van der Waals surface area contributed by atoms with Gasteiger partial charge in [-0.2, -0.15) is 0 Å². The van der Waals surface area contributed by atoms with Crippen molar-refractivity contribution in [3.05, 3.63) is 0 Å². The van der Waals surface area contributed by atoms with E-state index in [1.54, 1.807) is 0 Å². The van der Waals surface area contributed by atoms with Gasteiger partial charge in [0.1, 0.15) is 12.2 Å². The highest BCUT2D eigenvalue weighted by molar-refractivity contribution is 5.59. The van der Waals surface area contributed by atoms with Gasteiger partial charge >= 0.3 is 12.3 Å². The minimum Gasteiger partial charge on any atom is -0.450 e. The van der Waals surface area contributed by atoms with Crippen molar-refractivity contribution in [1.29, 1.82) is 0 Å². The van der Waals surface area contributed by atoms with Gasteiger partial charge in [-0.05, 0) is 19.3 Å². The Morgan fingerprint density at radius 2 is 1.80 bits per heavy atom. The Morgan fingerprint density at radius 1 is 1.20 bits per heavy atom. The first-order chi connectivity index (χ1) is 7.11. The third-order valence-corrected chi connectivity index (χ3v) is 2.28. The van der Waals surface area contributed by atoms with E-state index in [1.807, 2.05) is 0 Å². The second-order valence-electron chi connectivity index (χ2n) is 3.37. The van der Waals surface area contributed by atoms with Crippen LogP contribution in [-0.4, -0.2) is 36.7 Å². The van der Waals surface area contributed by atoms with Gasteiger partial charge < -0.3 is 19.3 Å². The minimum atomic E-state index is -1.29. The van der Waals surface area contributed by atoms with Crippen molar-refractivity contribution in [2.24, 2.45) is 0 Å². The Bertz CT molecular complexity index is 239. The Labute approximate surface area is 87.1 Å². The molecule has 0 aromatic carbocycles. The van der Waals surface area contributed by atoms with Crippen LogP contribution in [0.5, 0.6) is 0 Å². The minimum absolute atomic E-state index is 0.310. The standard InChI is InChI=1S/C9H14O6/c1-13-9(12)15-7-4-2-3-6(5-7)14-8(10)11/h6-7H,2-5H2,1H3,(H,10,11). The Hall–Kier alpha value is -1.46. The lowest BCUT2D eigenvalue weighted by Crippen LogP contribution is -2.31. The number of hydrogen-bond acceptors (Lipinski definition) is 5. The van der Waals surface area contributed by atoms with Crippen molar-refractivity contribution in [2.45, 2.75) is 37.9 Å². The van der Waals surface area contributed by atoms with Crippen LogP contribution in [0.4, 0.5) is 9.59 Å². The van der Waals surface area contributed by atoms with E-state index in [4.69, 9.17) is 9.84 Å². The second-order valence-corrected chi connectivity index (χ2v) is 3.37. The molecular formula is C9H14O6. The van der Waals surface area contributed by atoms with E-state index in [1.165, 1.54) is 7.11 Å². The molecule has 1 fully saturated rings. The van der Waals surface area contributed by atoms with E-state index in [-0.39, 0.29) is 12.2 Å². The van der Waals surface area contributed by atoms with Gasteiger partial charge in [0.05, 0.1) is 7.11 Å². The first-order valence-electron chi connectivity index (χ1n) is 4.76. The molecular weight excluding hydrogens is 204 g/mol. The van der Waals surface area contributed by atoms with Gasteiger partial charge in [-0.25, -0.2) is 9.59 Å². The van der Waals surface area contributed by atoms with Crippen LogP contribution in [0.15, 0.2) is 0 Å². The van der Waals surface area contributed by atoms with Crippen molar-refractivity contribution < 1.29 is 28.9 Å². The molecule has 1 rings (SSSR count). The number of rotatable bonds is 2. The normalized spacial score (nSPS) is 25.4. The fraction of sp³-hybridized carbons (Fsp3) is 0.778. The van der Waals surface area contributed by atoms with E-state index in [2.05, 4.69) is 9.47 Å². The molecule has 1 aliphatic rings. The monoisotopic (exact) mass is 218 g/mol. The lowest BCUT2D eigenvalue weighted by Gasteiger charge is -2.27. The van der Waals surface area contributed by atoms with Crippen LogP contribution in [0.2, 0.25) is 0 Å². The molecule has 2 unspecified atom stereocenters. The largest absolute Gasteiger partial charge is 0.508 e. The molecule has 0 saturated heterocycles. The van der Waals surface area contributed by atoms with Gasteiger partial charge in [0.2, 0.25) is 0 Å². The van der Waals surface area contributed by atoms with Crippen molar-refractivity contribution in [3.8, 4) is 0 Å². The maximum Gasteiger partial charge on any atom is 0.508 e. The zero-order valence-electron chi connectivity index (χ0n) is 8.47. The summed E-state index contributed by atoms with van der Waals surface area (Å²) in [6, 6.07) is 0. The highest BCUT2D eigenvalue weighted by Crippen LogP contribution is 2.23. The molecule has 0 heterocycles. The maximum absolute atomic E-state index is 10.8. The lowest BCUT2D eigenvalue weighted by molar-refractivity contribution is -0.0227. The van der Waals surface area contributed by atoms with Gasteiger partial charge in [-0.15, -0.1) is 0 Å². The van der Waals surface area contributed by atoms with Gasteiger partial charge in [0, 0.05) is 6.42 Å². The molecule has 0 radical (unpaired) electrons. The van der Waals surface area contributed by atoms with E-state index in [9.17, 15) is 9.59 Å². The maximum atomic E-state index is 10.8. The molecule has 0 aromatic heterocycles. The first kappa shape index (κ1) is 11.6. The third kappa shape index (κ3) is 4.05. The van der Waals surface area contributed by atoms with E-state index in [0.717, 1.165) is 6.42 Å². The fourth-order valence-corrected chi connectivity index (χ4v) is 1.64. The molecule has 6 heteroatoms. The average Bonchev–Trinajstić information content (AvgIpc) is 2.17. The summed E-state index contributed by atoms with van der Waals surface area (Å²) >= 11 is 0. The van der Waals surface area contributed by atoms with E-state index >= 15 is 0 Å². The Balaban J connectivity index is 2.35. The van der Waals surface area contributed by atoms with E-state index < -0.39 is 12.3 Å². The molecule has 1 N–H and O–H groups in total. The van der Waals surface area contributed by atoms with Crippen LogP contribution in [0.25, 0.3) is 0 Å². The number of hydrogen-bond donors (Lipinski definition) is 1. The first-order valence-corrected chi connectivity index (χ1v) is 4.76. The van der Waals surface area contributed by atoms with Crippen molar-refractivity contribution in [2.75, 3.05) is 7.11 Å². The summed E-state index contributed by atoms with van der Waals surface area (Å²) in [4.78, 5) is 21.1. The molecule has 0 bridgehead atoms. The third-order valence-electron chi connectivity index (χ3n) is 2.28. The Kier molecular flexibility index (Phi) is 4.20. The summed E-state index contributed by atoms with van der Waals surface area (Å²) in [5.74, 6) is 0.